The molecular formula is C15H24O. The van der Waals surface area contributed by atoms with Gasteiger partial charge in [0.05, 0.1) is 6.10 Å². The van der Waals surface area contributed by atoms with Crippen LogP contribution in [0.15, 0.2) is 24.3 Å². The molecule has 2 aliphatic carbocycles. The van der Waals surface area contributed by atoms with Crippen molar-refractivity contribution >= 4 is 0 Å². The van der Waals surface area contributed by atoms with E-state index in [0.29, 0.717) is 17.8 Å². The molecule has 1 fully saturated rings. The summed E-state index contributed by atoms with van der Waals surface area (Å²) in [5, 5.41) is 10.2. The number of allylic oxidation sites excluding steroid dienone is 4. The molecule has 5 atom stereocenters. The van der Waals surface area contributed by atoms with Gasteiger partial charge in [-0.1, -0.05) is 44.6 Å². The fourth-order valence-electron chi connectivity index (χ4n) is 3.43. The smallest absolute Gasteiger partial charge is 0.0576 e. The number of rotatable bonds is 2. The third kappa shape index (κ3) is 2.40. The molecular weight excluding hydrogens is 196 g/mol. The first-order valence-corrected chi connectivity index (χ1v) is 6.73. The minimum atomic E-state index is -0.0843. The van der Waals surface area contributed by atoms with Crippen LogP contribution in [0.5, 0.6) is 0 Å². The largest absolute Gasteiger partial charge is 0.393 e. The molecule has 0 radical (unpaired) electrons. The van der Waals surface area contributed by atoms with Crippen LogP contribution in [-0.4, -0.2) is 11.2 Å². The molecule has 0 aromatic rings. The van der Waals surface area contributed by atoms with E-state index in [1.807, 2.05) is 0 Å². The maximum absolute atomic E-state index is 10.2. The van der Waals surface area contributed by atoms with E-state index in [1.165, 1.54) is 12.8 Å². The Kier molecular flexibility index (Phi) is 3.86. The van der Waals surface area contributed by atoms with E-state index in [0.717, 1.165) is 18.8 Å². The molecule has 1 heteroatoms. The van der Waals surface area contributed by atoms with Gasteiger partial charge in [0.2, 0.25) is 0 Å². The zero-order valence-corrected chi connectivity index (χ0v) is 10.5. The maximum atomic E-state index is 10.2. The second-order valence-electron chi connectivity index (χ2n) is 5.56. The third-order valence-corrected chi connectivity index (χ3v) is 4.58. The molecule has 0 aromatic carbocycles. The Morgan fingerprint density at radius 2 is 2.06 bits per heavy atom. The van der Waals surface area contributed by atoms with Gasteiger partial charge in [-0.2, -0.15) is 0 Å². The zero-order chi connectivity index (χ0) is 11.5. The Labute approximate surface area is 99.3 Å². The summed E-state index contributed by atoms with van der Waals surface area (Å²) in [5.41, 5.74) is 0. The minimum Gasteiger partial charge on any atom is -0.393 e. The molecule has 1 saturated carbocycles. The summed E-state index contributed by atoms with van der Waals surface area (Å²) in [5.74, 6) is 2.57. The predicted octanol–water partition coefficient (Wildman–Crippen LogP) is 3.55. The lowest BCUT2D eigenvalue weighted by atomic mass is 9.67. The summed E-state index contributed by atoms with van der Waals surface area (Å²) in [6.45, 7) is 4.58. The average molecular weight is 220 g/mol. The second-order valence-corrected chi connectivity index (χ2v) is 5.56. The van der Waals surface area contributed by atoms with E-state index < -0.39 is 0 Å². The van der Waals surface area contributed by atoms with Gasteiger partial charge >= 0.3 is 0 Å². The normalized spacial score (nSPS) is 43.6. The number of aliphatic hydroxyl groups excluding tert-OH is 1. The summed E-state index contributed by atoms with van der Waals surface area (Å²) in [6.07, 6.45) is 13.3. The van der Waals surface area contributed by atoms with Gasteiger partial charge in [0, 0.05) is 0 Å². The Balaban J connectivity index is 2.03. The lowest BCUT2D eigenvalue weighted by molar-refractivity contribution is 0.000768. The van der Waals surface area contributed by atoms with Gasteiger partial charge in [-0.15, -0.1) is 0 Å². The van der Waals surface area contributed by atoms with E-state index in [9.17, 15) is 5.11 Å². The van der Waals surface area contributed by atoms with Crippen LogP contribution < -0.4 is 0 Å². The van der Waals surface area contributed by atoms with Crippen LogP contribution in [0.2, 0.25) is 0 Å². The zero-order valence-electron chi connectivity index (χ0n) is 10.5. The molecule has 90 valence electrons. The predicted molar refractivity (Wildman–Crippen MR) is 68.1 cm³/mol. The summed E-state index contributed by atoms with van der Waals surface area (Å²) in [7, 11) is 0. The van der Waals surface area contributed by atoms with E-state index >= 15 is 0 Å². The topological polar surface area (TPSA) is 20.2 Å². The van der Waals surface area contributed by atoms with Crippen molar-refractivity contribution in [3.8, 4) is 0 Å². The highest BCUT2D eigenvalue weighted by Crippen LogP contribution is 2.41. The van der Waals surface area contributed by atoms with Crippen molar-refractivity contribution in [3.05, 3.63) is 24.3 Å². The third-order valence-electron chi connectivity index (χ3n) is 4.58. The number of hydrogen-bond donors (Lipinski definition) is 1. The molecule has 0 heterocycles. The van der Waals surface area contributed by atoms with Crippen LogP contribution in [0.4, 0.5) is 0 Å². The van der Waals surface area contributed by atoms with Gasteiger partial charge in [0.25, 0.3) is 0 Å². The fraction of sp³-hybridized carbons (Fsp3) is 0.733. The van der Waals surface area contributed by atoms with E-state index in [2.05, 4.69) is 38.2 Å². The van der Waals surface area contributed by atoms with E-state index in [1.54, 1.807) is 0 Å². The lowest BCUT2D eigenvalue weighted by Gasteiger charge is -2.40. The molecule has 0 aromatic heterocycles. The summed E-state index contributed by atoms with van der Waals surface area (Å²) in [6, 6.07) is 0. The van der Waals surface area contributed by atoms with Gasteiger partial charge in [-0.3, -0.25) is 0 Å². The Morgan fingerprint density at radius 3 is 2.69 bits per heavy atom. The molecule has 0 aliphatic heterocycles. The number of aliphatic hydroxyl groups is 1. The molecule has 16 heavy (non-hydrogen) atoms. The van der Waals surface area contributed by atoms with Crippen LogP contribution in [0.3, 0.4) is 0 Å². The van der Waals surface area contributed by atoms with Crippen LogP contribution >= 0.6 is 0 Å². The highest BCUT2D eigenvalue weighted by atomic mass is 16.3. The molecule has 1 N–H and O–H groups in total. The monoisotopic (exact) mass is 220 g/mol. The molecule has 0 spiro atoms. The standard InChI is InChI=1S/C15H24O/c1-3-12-10-14(15(16)9-11(12)2)13-7-5-4-6-8-13/h4-7,11-16H,3,8-10H2,1-2H3. The molecule has 0 saturated heterocycles. The summed E-state index contributed by atoms with van der Waals surface area (Å²) < 4.78 is 0. The van der Waals surface area contributed by atoms with Crippen LogP contribution in [0.25, 0.3) is 0 Å². The van der Waals surface area contributed by atoms with Gasteiger partial charge in [0.1, 0.15) is 0 Å². The molecule has 0 amide bonds. The van der Waals surface area contributed by atoms with Crippen molar-refractivity contribution in [2.24, 2.45) is 23.7 Å². The average Bonchev–Trinajstić information content (AvgIpc) is 2.30. The van der Waals surface area contributed by atoms with E-state index in [4.69, 9.17) is 0 Å². The first-order valence-electron chi connectivity index (χ1n) is 6.73. The first kappa shape index (κ1) is 11.9. The Bertz CT molecular complexity index is 279. The summed E-state index contributed by atoms with van der Waals surface area (Å²) in [4.78, 5) is 0. The van der Waals surface area contributed by atoms with Crippen molar-refractivity contribution in [1.29, 1.82) is 0 Å². The van der Waals surface area contributed by atoms with Crippen LogP contribution in [0.1, 0.15) is 39.5 Å². The van der Waals surface area contributed by atoms with Crippen molar-refractivity contribution in [3.63, 3.8) is 0 Å². The van der Waals surface area contributed by atoms with Crippen molar-refractivity contribution in [1.82, 2.24) is 0 Å². The van der Waals surface area contributed by atoms with Gasteiger partial charge in [0.15, 0.2) is 0 Å². The highest BCUT2D eigenvalue weighted by Gasteiger charge is 2.36. The Hall–Kier alpha value is -0.560. The van der Waals surface area contributed by atoms with Crippen molar-refractivity contribution in [2.75, 3.05) is 0 Å². The SMILES string of the molecule is CCC1CC(C2C=CC=CC2)C(O)CC1C. The number of hydrogen-bond acceptors (Lipinski definition) is 1. The summed E-state index contributed by atoms with van der Waals surface area (Å²) >= 11 is 0. The lowest BCUT2D eigenvalue weighted by Crippen LogP contribution is -2.37. The van der Waals surface area contributed by atoms with Crippen LogP contribution in [-0.2, 0) is 0 Å². The van der Waals surface area contributed by atoms with Crippen LogP contribution in [0, 0.1) is 23.7 Å². The molecule has 2 aliphatic rings. The van der Waals surface area contributed by atoms with Gasteiger partial charge in [-0.25, -0.2) is 0 Å². The highest BCUT2D eigenvalue weighted by molar-refractivity contribution is 5.12. The molecule has 1 nitrogen and oxygen atoms in total. The maximum Gasteiger partial charge on any atom is 0.0576 e. The van der Waals surface area contributed by atoms with Crippen molar-refractivity contribution in [2.45, 2.75) is 45.6 Å². The Morgan fingerprint density at radius 1 is 1.25 bits per heavy atom. The minimum absolute atomic E-state index is 0.0843. The van der Waals surface area contributed by atoms with Crippen molar-refractivity contribution < 1.29 is 5.11 Å². The molecule has 0 bridgehead atoms. The first-order chi connectivity index (χ1) is 7.72. The quantitative estimate of drug-likeness (QED) is 0.754. The fourth-order valence-corrected chi connectivity index (χ4v) is 3.43. The van der Waals surface area contributed by atoms with Gasteiger partial charge < -0.3 is 5.11 Å². The second kappa shape index (κ2) is 5.18. The van der Waals surface area contributed by atoms with E-state index in [-0.39, 0.29) is 6.10 Å². The molecule has 5 unspecified atom stereocenters. The molecule has 2 rings (SSSR count). The van der Waals surface area contributed by atoms with Gasteiger partial charge in [-0.05, 0) is 42.9 Å².